The molecular weight excluding hydrogens is 570 g/mol. The van der Waals surface area contributed by atoms with Crippen molar-refractivity contribution in [3.05, 3.63) is 83.4 Å². The third-order valence-corrected chi connectivity index (χ3v) is 8.91. The number of sulfonamides is 1. The second-order valence-corrected chi connectivity index (χ2v) is 12.0. The van der Waals surface area contributed by atoms with Gasteiger partial charge in [0.05, 0.1) is 17.2 Å². The number of benzene rings is 3. The zero-order chi connectivity index (χ0) is 29.3. The fourth-order valence-corrected chi connectivity index (χ4v) is 5.98. The Hall–Kier alpha value is -3.21. The Morgan fingerprint density at radius 2 is 1.65 bits per heavy atom. The van der Waals surface area contributed by atoms with Gasteiger partial charge in [0.2, 0.25) is 11.8 Å². The van der Waals surface area contributed by atoms with Crippen LogP contribution in [0.15, 0.2) is 82.6 Å². The molecule has 1 N–H and O–H groups in total. The van der Waals surface area contributed by atoms with Crippen molar-refractivity contribution in [2.45, 2.75) is 43.1 Å². The molecule has 0 aromatic heterocycles. The van der Waals surface area contributed by atoms with Gasteiger partial charge in [-0.25, -0.2) is 8.42 Å². The van der Waals surface area contributed by atoms with Gasteiger partial charge in [0.25, 0.3) is 10.0 Å². The number of para-hydroxylation sites is 2. The van der Waals surface area contributed by atoms with E-state index >= 15 is 0 Å². The van der Waals surface area contributed by atoms with Gasteiger partial charge in [-0.1, -0.05) is 35.9 Å². The van der Waals surface area contributed by atoms with Crippen molar-refractivity contribution in [2.24, 2.45) is 0 Å². The highest BCUT2D eigenvalue weighted by molar-refractivity contribution is 7.98. The van der Waals surface area contributed by atoms with Crippen LogP contribution in [-0.2, 0) is 26.2 Å². The number of hydrogen-bond acceptors (Lipinski definition) is 6. The van der Waals surface area contributed by atoms with Crippen molar-refractivity contribution in [3.63, 3.8) is 0 Å². The molecule has 0 aliphatic heterocycles. The third kappa shape index (κ3) is 7.71. The average molecular weight is 604 g/mol. The Morgan fingerprint density at radius 1 is 1.00 bits per heavy atom. The zero-order valence-electron chi connectivity index (χ0n) is 23.0. The van der Waals surface area contributed by atoms with E-state index < -0.39 is 28.5 Å². The standard InChI is InChI=1S/C29H34ClN3O5S2/c1-5-31-29(35)21(3)32(19-22-11-13-23(30)14-12-22)28(34)20-33(26-9-7-8-10-27(26)38-6-2)40(36,37)25-17-15-24(39-4)16-18-25/h7-18,21H,5-6,19-20H2,1-4H3,(H,31,35)/t21-/m0/s1. The summed E-state index contributed by atoms with van der Waals surface area (Å²) in [4.78, 5) is 29.1. The number of likely N-dealkylation sites (N-methyl/N-ethyl adjacent to an activating group) is 1. The van der Waals surface area contributed by atoms with E-state index in [0.717, 1.165) is 14.8 Å². The number of rotatable bonds is 13. The smallest absolute Gasteiger partial charge is 0.264 e. The lowest BCUT2D eigenvalue weighted by Crippen LogP contribution is -2.51. The largest absolute Gasteiger partial charge is 0.492 e. The van der Waals surface area contributed by atoms with E-state index in [2.05, 4.69) is 5.32 Å². The number of nitrogens with zero attached hydrogens (tertiary/aromatic N) is 2. The van der Waals surface area contributed by atoms with Crippen LogP contribution in [-0.4, -0.2) is 57.1 Å². The van der Waals surface area contributed by atoms with Crippen LogP contribution < -0.4 is 14.4 Å². The minimum atomic E-state index is -4.20. The summed E-state index contributed by atoms with van der Waals surface area (Å²) in [5.41, 5.74) is 0.967. The Morgan fingerprint density at radius 3 is 2.25 bits per heavy atom. The molecule has 0 fully saturated rings. The summed E-state index contributed by atoms with van der Waals surface area (Å²) < 4.78 is 34.9. The molecule has 3 rings (SSSR count). The van der Waals surface area contributed by atoms with E-state index in [-0.39, 0.29) is 23.0 Å². The number of carbonyl (C=O) groups excluding carboxylic acids is 2. The van der Waals surface area contributed by atoms with E-state index in [1.54, 1.807) is 81.4 Å². The summed E-state index contributed by atoms with van der Waals surface area (Å²) in [7, 11) is -4.20. The summed E-state index contributed by atoms with van der Waals surface area (Å²) in [6.07, 6.45) is 1.90. The Labute approximate surface area is 245 Å². The van der Waals surface area contributed by atoms with E-state index in [0.29, 0.717) is 23.9 Å². The van der Waals surface area contributed by atoms with Crippen LogP contribution in [0.4, 0.5) is 5.69 Å². The first-order valence-corrected chi connectivity index (χ1v) is 15.9. The summed E-state index contributed by atoms with van der Waals surface area (Å²) in [6, 6.07) is 19.2. The van der Waals surface area contributed by atoms with Gasteiger partial charge < -0.3 is 15.0 Å². The van der Waals surface area contributed by atoms with Crippen LogP contribution in [0.5, 0.6) is 5.75 Å². The van der Waals surface area contributed by atoms with E-state index in [1.165, 1.54) is 28.8 Å². The van der Waals surface area contributed by atoms with Crippen molar-refractivity contribution in [3.8, 4) is 5.75 Å². The van der Waals surface area contributed by atoms with Gasteiger partial charge in [-0.05, 0) is 81.1 Å². The monoisotopic (exact) mass is 603 g/mol. The Bertz CT molecular complexity index is 1400. The van der Waals surface area contributed by atoms with Crippen molar-refractivity contribution < 1.29 is 22.7 Å². The van der Waals surface area contributed by atoms with Crippen LogP contribution in [0.3, 0.4) is 0 Å². The van der Waals surface area contributed by atoms with Crippen molar-refractivity contribution in [1.82, 2.24) is 10.2 Å². The maximum atomic E-state index is 14.0. The van der Waals surface area contributed by atoms with Gasteiger partial charge in [-0.15, -0.1) is 11.8 Å². The molecule has 0 aliphatic rings. The topological polar surface area (TPSA) is 96.0 Å². The van der Waals surface area contributed by atoms with Gasteiger partial charge in [-0.3, -0.25) is 13.9 Å². The first kappa shape index (κ1) is 31.3. The number of carbonyl (C=O) groups is 2. The van der Waals surface area contributed by atoms with Crippen LogP contribution in [0.25, 0.3) is 0 Å². The number of nitrogens with one attached hydrogen (secondary N) is 1. The maximum absolute atomic E-state index is 14.0. The number of thioether (sulfide) groups is 1. The van der Waals surface area contributed by atoms with Crippen LogP contribution in [0, 0.1) is 0 Å². The van der Waals surface area contributed by atoms with E-state index in [9.17, 15) is 18.0 Å². The second kappa shape index (κ2) is 14.4. The lowest BCUT2D eigenvalue weighted by molar-refractivity contribution is -0.139. The molecule has 3 aromatic rings. The summed E-state index contributed by atoms with van der Waals surface area (Å²) >= 11 is 7.53. The molecule has 0 aliphatic carbocycles. The molecule has 2 amide bonds. The van der Waals surface area contributed by atoms with Crippen molar-refractivity contribution >= 4 is 50.9 Å². The average Bonchev–Trinajstić information content (AvgIpc) is 2.95. The number of anilines is 1. The molecule has 0 spiro atoms. The maximum Gasteiger partial charge on any atom is 0.264 e. The summed E-state index contributed by atoms with van der Waals surface area (Å²) in [6.45, 7) is 5.43. The Balaban J connectivity index is 2.08. The van der Waals surface area contributed by atoms with Gasteiger partial charge >= 0.3 is 0 Å². The second-order valence-electron chi connectivity index (χ2n) is 8.81. The summed E-state index contributed by atoms with van der Waals surface area (Å²) in [5, 5.41) is 3.28. The molecule has 8 nitrogen and oxygen atoms in total. The number of hydrogen-bond donors (Lipinski definition) is 1. The van der Waals surface area contributed by atoms with Gasteiger partial charge in [-0.2, -0.15) is 0 Å². The van der Waals surface area contributed by atoms with Gasteiger partial charge in [0.1, 0.15) is 18.3 Å². The predicted molar refractivity (Wildman–Crippen MR) is 161 cm³/mol. The molecule has 0 saturated carbocycles. The minimum absolute atomic E-state index is 0.0328. The predicted octanol–water partition coefficient (Wildman–Crippen LogP) is 5.21. The highest BCUT2D eigenvalue weighted by Gasteiger charge is 2.33. The van der Waals surface area contributed by atoms with Crippen LogP contribution in [0.2, 0.25) is 5.02 Å². The highest BCUT2D eigenvalue weighted by Crippen LogP contribution is 2.33. The number of ether oxygens (including phenoxy) is 1. The molecule has 214 valence electrons. The third-order valence-electron chi connectivity index (χ3n) is 6.14. The molecule has 40 heavy (non-hydrogen) atoms. The molecule has 0 radical (unpaired) electrons. The highest BCUT2D eigenvalue weighted by atomic mass is 35.5. The Kier molecular flexibility index (Phi) is 11.3. The molecule has 11 heteroatoms. The number of halogens is 1. The molecule has 0 saturated heterocycles. The lowest BCUT2D eigenvalue weighted by atomic mass is 10.1. The molecule has 0 bridgehead atoms. The fourth-order valence-electron chi connectivity index (χ4n) is 4.02. The molecule has 1 atom stereocenters. The van der Waals surface area contributed by atoms with Gasteiger partial charge in [0, 0.05) is 23.0 Å². The first-order chi connectivity index (χ1) is 19.1. The van der Waals surface area contributed by atoms with Crippen LogP contribution >= 0.6 is 23.4 Å². The zero-order valence-corrected chi connectivity index (χ0v) is 25.4. The van der Waals surface area contributed by atoms with Crippen LogP contribution in [0.1, 0.15) is 26.3 Å². The van der Waals surface area contributed by atoms with E-state index in [4.69, 9.17) is 16.3 Å². The van der Waals surface area contributed by atoms with Gasteiger partial charge in [0.15, 0.2) is 0 Å². The molecular formula is C29H34ClN3O5S2. The van der Waals surface area contributed by atoms with Crippen molar-refractivity contribution in [1.29, 1.82) is 0 Å². The SMILES string of the molecule is CCNC(=O)[C@H](C)N(Cc1ccc(Cl)cc1)C(=O)CN(c1ccccc1OCC)S(=O)(=O)c1ccc(SC)cc1. The van der Waals surface area contributed by atoms with Crippen molar-refractivity contribution in [2.75, 3.05) is 30.3 Å². The number of amides is 2. The van der Waals surface area contributed by atoms with E-state index in [1.807, 2.05) is 6.26 Å². The molecule has 3 aromatic carbocycles. The summed E-state index contributed by atoms with van der Waals surface area (Å²) in [5.74, 6) is -0.575. The fraction of sp³-hybridized carbons (Fsp3) is 0.310. The lowest BCUT2D eigenvalue weighted by Gasteiger charge is -2.32. The minimum Gasteiger partial charge on any atom is -0.492 e. The first-order valence-electron chi connectivity index (χ1n) is 12.8. The quantitative estimate of drug-likeness (QED) is 0.270. The molecule has 0 unspecified atom stereocenters. The normalized spacial score (nSPS) is 11.9. The molecule has 0 heterocycles.